The van der Waals surface area contributed by atoms with Crippen molar-refractivity contribution in [2.45, 2.75) is 0 Å². The number of morpholine rings is 1. The molecule has 10 heteroatoms. The molecule has 0 bridgehead atoms. The minimum absolute atomic E-state index is 0.0548. The van der Waals surface area contributed by atoms with Gasteiger partial charge in [-0.2, -0.15) is 4.98 Å². The van der Waals surface area contributed by atoms with Gasteiger partial charge in [-0.05, 0) is 12.1 Å². The summed E-state index contributed by atoms with van der Waals surface area (Å²) in [5, 5.41) is 10.1. The molecule has 0 saturated carbocycles. The number of imidazole rings is 1. The van der Waals surface area contributed by atoms with Crippen molar-refractivity contribution >= 4 is 5.95 Å². The molecule has 0 radical (unpaired) electrons. The van der Waals surface area contributed by atoms with Crippen LogP contribution in [0.2, 0.25) is 0 Å². The number of hydrogen-bond acceptors (Lipinski definition) is 9. The number of benzene rings is 1. The SMILES string of the molecule is COc1cc(-c2cn(-c3ncnc(N4CCOCC4)n3)cn2)cc(OC)c1O. The van der Waals surface area contributed by atoms with Crippen LogP contribution in [-0.4, -0.2) is 70.1 Å². The molecular weight excluding hydrogens is 364 g/mol. The van der Waals surface area contributed by atoms with Crippen molar-refractivity contribution in [1.82, 2.24) is 24.5 Å². The van der Waals surface area contributed by atoms with E-state index in [1.807, 2.05) is 0 Å². The Kier molecular flexibility index (Phi) is 4.94. The Morgan fingerprint density at radius 2 is 1.68 bits per heavy atom. The van der Waals surface area contributed by atoms with Crippen LogP contribution >= 0.6 is 0 Å². The normalized spacial score (nSPS) is 14.1. The molecule has 1 saturated heterocycles. The molecule has 0 atom stereocenters. The summed E-state index contributed by atoms with van der Waals surface area (Å²) in [6.45, 7) is 2.79. The number of nitrogens with zero attached hydrogens (tertiary/aromatic N) is 6. The van der Waals surface area contributed by atoms with Crippen molar-refractivity contribution in [2.24, 2.45) is 0 Å². The van der Waals surface area contributed by atoms with E-state index in [9.17, 15) is 5.11 Å². The molecule has 146 valence electrons. The summed E-state index contributed by atoms with van der Waals surface area (Å²) in [5.41, 5.74) is 1.39. The molecule has 0 spiro atoms. The highest BCUT2D eigenvalue weighted by Gasteiger charge is 2.17. The van der Waals surface area contributed by atoms with Gasteiger partial charge in [0.05, 0.1) is 33.1 Å². The van der Waals surface area contributed by atoms with Crippen molar-refractivity contribution in [3.05, 3.63) is 31.0 Å². The third-order valence-electron chi connectivity index (χ3n) is 4.43. The highest BCUT2D eigenvalue weighted by molar-refractivity contribution is 5.68. The van der Waals surface area contributed by atoms with Gasteiger partial charge in [-0.1, -0.05) is 0 Å². The van der Waals surface area contributed by atoms with E-state index in [-0.39, 0.29) is 5.75 Å². The molecule has 10 nitrogen and oxygen atoms in total. The van der Waals surface area contributed by atoms with Crippen molar-refractivity contribution < 1.29 is 19.3 Å². The monoisotopic (exact) mass is 384 g/mol. The second-order valence-electron chi connectivity index (χ2n) is 6.08. The summed E-state index contributed by atoms with van der Waals surface area (Å²) < 4.78 is 17.5. The molecule has 0 unspecified atom stereocenters. The molecule has 3 heterocycles. The van der Waals surface area contributed by atoms with Gasteiger partial charge in [-0.3, -0.25) is 4.57 Å². The van der Waals surface area contributed by atoms with E-state index in [0.717, 1.165) is 18.7 Å². The summed E-state index contributed by atoms with van der Waals surface area (Å²) in [7, 11) is 2.96. The minimum atomic E-state index is -0.0548. The maximum Gasteiger partial charge on any atom is 0.239 e. The van der Waals surface area contributed by atoms with Crippen LogP contribution in [0.25, 0.3) is 17.2 Å². The van der Waals surface area contributed by atoms with Gasteiger partial charge >= 0.3 is 0 Å². The standard InChI is InChI=1S/C18H20N6O4/c1-26-14-7-12(8-15(27-2)16(14)25)13-9-24(11-21-13)18-20-10-19-17(22-18)23-3-5-28-6-4-23/h7-11,25H,3-6H2,1-2H3. The second kappa shape index (κ2) is 7.69. The Balaban J connectivity index is 1.65. The summed E-state index contributed by atoms with van der Waals surface area (Å²) in [5.74, 6) is 1.63. The number of methoxy groups -OCH3 is 2. The zero-order chi connectivity index (χ0) is 19.5. The van der Waals surface area contributed by atoms with E-state index in [4.69, 9.17) is 14.2 Å². The van der Waals surface area contributed by atoms with Gasteiger partial charge in [0.1, 0.15) is 12.7 Å². The van der Waals surface area contributed by atoms with Crippen LogP contribution in [0.3, 0.4) is 0 Å². The first-order chi connectivity index (χ1) is 13.7. The average Bonchev–Trinajstić information content (AvgIpc) is 3.25. The predicted octanol–water partition coefficient (Wildman–Crippen LogP) is 1.28. The Morgan fingerprint density at radius 3 is 2.36 bits per heavy atom. The molecule has 2 aromatic heterocycles. The Labute approximate surface area is 161 Å². The van der Waals surface area contributed by atoms with Crippen LogP contribution in [0.1, 0.15) is 0 Å². The molecule has 1 fully saturated rings. The molecule has 0 amide bonds. The number of hydrogen-bond donors (Lipinski definition) is 1. The number of phenolic OH excluding ortho intramolecular Hbond substituents is 1. The molecule has 3 aromatic rings. The Hall–Kier alpha value is -3.40. The zero-order valence-electron chi connectivity index (χ0n) is 15.6. The number of anilines is 1. The predicted molar refractivity (Wildman–Crippen MR) is 100 cm³/mol. The lowest BCUT2D eigenvalue weighted by Crippen LogP contribution is -2.37. The lowest BCUT2D eigenvalue weighted by molar-refractivity contribution is 0.122. The fourth-order valence-corrected chi connectivity index (χ4v) is 2.94. The molecule has 1 N–H and O–H groups in total. The minimum Gasteiger partial charge on any atom is -0.502 e. The van der Waals surface area contributed by atoms with Gasteiger partial charge in [0, 0.05) is 24.8 Å². The average molecular weight is 384 g/mol. The fourth-order valence-electron chi connectivity index (χ4n) is 2.94. The number of phenols is 1. The summed E-state index contributed by atoms with van der Waals surface area (Å²) in [4.78, 5) is 19.5. The van der Waals surface area contributed by atoms with Gasteiger partial charge in [0.15, 0.2) is 11.5 Å². The topological polar surface area (TPSA) is 108 Å². The smallest absolute Gasteiger partial charge is 0.239 e. The van der Waals surface area contributed by atoms with E-state index in [2.05, 4.69) is 24.8 Å². The Bertz CT molecular complexity index is 945. The third kappa shape index (κ3) is 3.41. The summed E-state index contributed by atoms with van der Waals surface area (Å²) in [6.07, 6.45) is 4.91. The Morgan fingerprint density at radius 1 is 1.00 bits per heavy atom. The molecule has 1 aromatic carbocycles. The number of aromatic nitrogens is 5. The molecular formula is C18H20N6O4. The summed E-state index contributed by atoms with van der Waals surface area (Å²) >= 11 is 0. The van der Waals surface area contributed by atoms with Crippen molar-refractivity contribution in [3.63, 3.8) is 0 Å². The van der Waals surface area contributed by atoms with Crippen LogP contribution in [-0.2, 0) is 4.74 Å². The number of ether oxygens (including phenoxy) is 3. The van der Waals surface area contributed by atoms with E-state index < -0.39 is 0 Å². The van der Waals surface area contributed by atoms with Crippen LogP contribution in [0, 0.1) is 0 Å². The first-order valence-electron chi connectivity index (χ1n) is 8.71. The second-order valence-corrected chi connectivity index (χ2v) is 6.08. The van der Waals surface area contributed by atoms with Gasteiger partial charge in [0.25, 0.3) is 0 Å². The lowest BCUT2D eigenvalue weighted by Gasteiger charge is -2.26. The van der Waals surface area contributed by atoms with E-state index in [0.29, 0.717) is 42.3 Å². The van der Waals surface area contributed by atoms with Crippen LogP contribution in [0.5, 0.6) is 17.2 Å². The lowest BCUT2D eigenvalue weighted by atomic mass is 10.1. The van der Waals surface area contributed by atoms with Crippen LogP contribution in [0.15, 0.2) is 31.0 Å². The number of rotatable bonds is 5. The van der Waals surface area contributed by atoms with Crippen molar-refractivity contribution in [1.29, 1.82) is 0 Å². The molecule has 28 heavy (non-hydrogen) atoms. The van der Waals surface area contributed by atoms with E-state index in [1.54, 1.807) is 29.2 Å². The highest BCUT2D eigenvalue weighted by atomic mass is 16.5. The highest BCUT2D eigenvalue weighted by Crippen LogP contribution is 2.39. The molecule has 4 rings (SSSR count). The van der Waals surface area contributed by atoms with Gasteiger partial charge in [0.2, 0.25) is 17.6 Å². The zero-order valence-corrected chi connectivity index (χ0v) is 15.6. The quantitative estimate of drug-likeness (QED) is 0.696. The fraction of sp³-hybridized carbons (Fsp3) is 0.333. The largest absolute Gasteiger partial charge is 0.502 e. The van der Waals surface area contributed by atoms with E-state index >= 15 is 0 Å². The third-order valence-corrected chi connectivity index (χ3v) is 4.43. The van der Waals surface area contributed by atoms with Crippen LogP contribution < -0.4 is 14.4 Å². The molecule has 1 aliphatic rings. The first kappa shape index (κ1) is 18.0. The van der Waals surface area contributed by atoms with Gasteiger partial charge in [-0.15, -0.1) is 0 Å². The maximum absolute atomic E-state index is 10.1. The van der Waals surface area contributed by atoms with Crippen molar-refractivity contribution in [2.75, 3.05) is 45.4 Å². The first-order valence-corrected chi connectivity index (χ1v) is 8.71. The van der Waals surface area contributed by atoms with Crippen LogP contribution in [0.4, 0.5) is 5.95 Å². The van der Waals surface area contributed by atoms with Crippen molar-refractivity contribution in [3.8, 4) is 34.5 Å². The molecule has 1 aliphatic heterocycles. The summed E-state index contributed by atoms with van der Waals surface area (Å²) in [6, 6.07) is 3.38. The van der Waals surface area contributed by atoms with Gasteiger partial charge in [-0.25, -0.2) is 15.0 Å². The van der Waals surface area contributed by atoms with E-state index in [1.165, 1.54) is 20.5 Å². The number of aromatic hydroxyl groups is 1. The maximum atomic E-state index is 10.1. The van der Waals surface area contributed by atoms with Gasteiger partial charge < -0.3 is 24.2 Å². The molecule has 0 aliphatic carbocycles.